The van der Waals surface area contributed by atoms with Crippen molar-refractivity contribution in [1.82, 2.24) is 4.98 Å². The van der Waals surface area contributed by atoms with Gasteiger partial charge in [0.1, 0.15) is 5.75 Å². The number of rotatable bonds is 4. The Bertz CT molecular complexity index is 506. The standard InChI is InChI=1S/C11H13NOS2.Cu/c1-2-3-7-13-8-5-4-6-9-10(8)12-11(14)15-9;/h4-6H,2-3,7H2,1H3,(H,12,14);. The summed E-state index contributed by atoms with van der Waals surface area (Å²) in [5.74, 6) is 0.910. The fourth-order valence-electron chi connectivity index (χ4n) is 1.39. The Balaban J connectivity index is 0.00000128. The number of unbranched alkanes of at least 4 members (excludes halogenated alkanes) is 1. The van der Waals surface area contributed by atoms with Gasteiger partial charge in [0.2, 0.25) is 0 Å². The van der Waals surface area contributed by atoms with Crippen LogP contribution >= 0.6 is 23.6 Å². The van der Waals surface area contributed by atoms with Gasteiger partial charge < -0.3 is 9.72 Å². The maximum atomic E-state index is 5.70. The molecule has 91 valence electrons. The minimum absolute atomic E-state index is 0. The van der Waals surface area contributed by atoms with Crippen molar-refractivity contribution in [2.75, 3.05) is 6.61 Å². The average molecular weight is 303 g/mol. The molecule has 0 amide bonds. The second-order valence-corrected chi connectivity index (χ2v) is 5.06. The summed E-state index contributed by atoms with van der Waals surface area (Å²) in [4.78, 5) is 3.16. The molecule has 2 aromatic rings. The zero-order valence-electron chi connectivity index (χ0n) is 8.88. The van der Waals surface area contributed by atoms with Gasteiger partial charge in [-0.1, -0.05) is 19.4 Å². The number of fused-ring (bicyclic) bond motifs is 1. The molecule has 16 heavy (non-hydrogen) atoms. The number of nitrogens with one attached hydrogen (secondary N) is 1. The molecule has 0 atom stereocenters. The smallest absolute Gasteiger partial charge is 0.159 e. The fourth-order valence-corrected chi connectivity index (χ4v) is 2.52. The number of hydrogen-bond donors (Lipinski definition) is 1. The minimum Gasteiger partial charge on any atom is -0.491 e. The Kier molecular flexibility index (Phi) is 5.49. The van der Waals surface area contributed by atoms with Crippen LogP contribution in [0, 0.1) is 3.95 Å². The summed E-state index contributed by atoms with van der Waals surface area (Å²) in [6.45, 7) is 2.92. The van der Waals surface area contributed by atoms with Gasteiger partial charge in [-0.3, -0.25) is 0 Å². The molecule has 1 aromatic heterocycles. The maximum absolute atomic E-state index is 5.70. The molecule has 1 N–H and O–H groups in total. The van der Waals surface area contributed by atoms with Crippen molar-refractivity contribution >= 4 is 33.8 Å². The molecule has 0 aliphatic rings. The van der Waals surface area contributed by atoms with Crippen LogP contribution in [0.1, 0.15) is 19.8 Å². The first kappa shape index (κ1) is 13.7. The first-order valence-electron chi connectivity index (χ1n) is 5.06. The second-order valence-electron chi connectivity index (χ2n) is 3.35. The van der Waals surface area contributed by atoms with Gasteiger partial charge in [0.15, 0.2) is 3.95 Å². The minimum atomic E-state index is 0. The van der Waals surface area contributed by atoms with E-state index in [4.69, 9.17) is 17.0 Å². The summed E-state index contributed by atoms with van der Waals surface area (Å²) in [7, 11) is 0. The van der Waals surface area contributed by atoms with Crippen LogP contribution in [0.3, 0.4) is 0 Å². The van der Waals surface area contributed by atoms with E-state index in [9.17, 15) is 0 Å². The van der Waals surface area contributed by atoms with Crippen molar-refractivity contribution < 1.29 is 21.8 Å². The zero-order valence-corrected chi connectivity index (χ0v) is 11.5. The van der Waals surface area contributed by atoms with Crippen LogP contribution in [-0.2, 0) is 17.1 Å². The summed E-state index contributed by atoms with van der Waals surface area (Å²) in [5, 5.41) is 0. The van der Waals surface area contributed by atoms with E-state index in [0.29, 0.717) is 0 Å². The van der Waals surface area contributed by atoms with Crippen LogP contribution in [0.5, 0.6) is 5.75 Å². The van der Waals surface area contributed by atoms with E-state index < -0.39 is 0 Å². The van der Waals surface area contributed by atoms with E-state index in [-0.39, 0.29) is 17.1 Å². The normalized spacial score (nSPS) is 10.1. The molecular formula is C11H13CuNOS2. The molecule has 1 aromatic carbocycles. The van der Waals surface area contributed by atoms with Crippen molar-refractivity contribution in [2.24, 2.45) is 0 Å². The fraction of sp³-hybridized carbons (Fsp3) is 0.364. The molecule has 0 unspecified atom stereocenters. The number of aromatic nitrogens is 1. The Labute approximate surface area is 115 Å². The van der Waals surface area contributed by atoms with E-state index in [2.05, 4.69) is 18.0 Å². The van der Waals surface area contributed by atoms with Crippen molar-refractivity contribution in [1.29, 1.82) is 0 Å². The van der Waals surface area contributed by atoms with Crippen LogP contribution < -0.4 is 4.74 Å². The molecule has 0 fully saturated rings. The summed E-state index contributed by atoms with van der Waals surface area (Å²) in [6.07, 6.45) is 2.23. The molecule has 0 aliphatic carbocycles. The second kappa shape index (κ2) is 6.40. The topological polar surface area (TPSA) is 25.0 Å². The van der Waals surface area contributed by atoms with E-state index in [1.165, 1.54) is 0 Å². The predicted molar refractivity (Wildman–Crippen MR) is 67.4 cm³/mol. The van der Waals surface area contributed by atoms with Gasteiger partial charge in [-0.2, -0.15) is 0 Å². The van der Waals surface area contributed by atoms with Crippen molar-refractivity contribution in [3.8, 4) is 5.75 Å². The van der Waals surface area contributed by atoms with Gasteiger partial charge in [-0.15, -0.1) is 11.3 Å². The number of para-hydroxylation sites is 1. The van der Waals surface area contributed by atoms with Gasteiger partial charge in [0.25, 0.3) is 0 Å². The molecule has 0 bridgehead atoms. The zero-order chi connectivity index (χ0) is 10.7. The quantitative estimate of drug-likeness (QED) is 0.522. The third-order valence-electron chi connectivity index (χ3n) is 2.17. The van der Waals surface area contributed by atoms with Gasteiger partial charge in [-0.25, -0.2) is 0 Å². The summed E-state index contributed by atoms with van der Waals surface area (Å²) >= 11 is 6.70. The number of benzene rings is 1. The van der Waals surface area contributed by atoms with Crippen molar-refractivity contribution in [3.63, 3.8) is 0 Å². The molecule has 0 aliphatic heterocycles. The molecule has 2 nitrogen and oxygen atoms in total. The van der Waals surface area contributed by atoms with Gasteiger partial charge in [-0.05, 0) is 30.8 Å². The van der Waals surface area contributed by atoms with E-state index >= 15 is 0 Å². The van der Waals surface area contributed by atoms with Gasteiger partial charge in [0.05, 0.1) is 16.8 Å². The predicted octanol–water partition coefficient (Wildman–Crippen LogP) is 4.14. The summed E-state index contributed by atoms with van der Waals surface area (Å²) < 4.78 is 7.67. The van der Waals surface area contributed by atoms with Gasteiger partial charge in [0, 0.05) is 17.1 Å². The summed E-state index contributed by atoms with van der Waals surface area (Å²) in [5.41, 5.74) is 1.03. The molecule has 0 saturated carbocycles. The average Bonchev–Trinajstić information content (AvgIpc) is 2.59. The number of H-pyrrole nitrogens is 1. The molecule has 1 radical (unpaired) electrons. The maximum Gasteiger partial charge on any atom is 0.159 e. The molecule has 0 spiro atoms. The van der Waals surface area contributed by atoms with E-state index in [1.807, 2.05) is 12.1 Å². The van der Waals surface area contributed by atoms with Gasteiger partial charge >= 0.3 is 0 Å². The Morgan fingerprint density at radius 2 is 2.25 bits per heavy atom. The first-order valence-corrected chi connectivity index (χ1v) is 6.28. The van der Waals surface area contributed by atoms with E-state index in [1.54, 1.807) is 11.3 Å². The molecule has 1 heterocycles. The van der Waals surface area contributed by atoms with E-state index in [0.717, 1.165) is 39.4 Å². The Morgan fingerprint density at radius 1 is 1.44 bits per heavy atom. The van der Waals surface area contributed by atoms with Crippen LogP contribution in [0.15, 0.2) is 18.2 Å². The third-order valence-corrected chi connectivity index (χ3v) is 3.37. The van der Waals surface area contributed by atoms with Crippen LogP contribution in [0.4, 0.5) is 0 Å². The first-order chi connectivity index (χ1) is 7.31. The van der Waals surface area contributed by atoms with Crippen molar-refractivity contribution in [2.45, 2.75) is 19.8 Å². The molecule has 5 heteroatoms. The molecule has 0 saturated heterocycles. The Morgan fingerprint density at radius 3 is 3.00 bits per heavy atom. The van der Waals surface area contributed by atoms with Crippen LogP contribution in [0.25, 0.3) is 10.2 Å². The SMILES string of the molecule is CCCCOc1cccc2sc(=S)[nH]c12.[Cu]. The van der Waals surface area contributed by atoms with Crippen molar-refractivity contribution in [3.05, 3.63) is 22.2 Å². The molecular weight excluding hydrogens is 290 g/mol. The number of thiazole rings is 1. The number of aromatic amines is 1. The number of hydrogen-bond acceptors (Lipinski definition) is 3. The number of ether oxygens (including phenoxy) is 1. The Hall–Kier alpha value is -0.351. The third kappa shape index (κ3) is 3.08. The summed E-state index contributed by atoms with van der Waals surface area (Å²) in [6, 6.07) is 6.04. The van der Waals surface area contributed by atoms with Crippen LogP contribution in [-0.4, -0.2) is 11.6 Å². The largest absolute Gasteiger partial charge is 0.491 e. The monoisotopic (exact) mass is 302 g/mol. The van der Waals surface area contributed by atoms with Crippen LogP contribution in [0.2, 0.25) is 0 Å². The molecule has 2 rings (SSSR count).